The van der Waals surface area contributed by atoms with Crippen LogP contribution < -0.4 is 0 Å². The second kappa shape index (κ2) is 3.77. The highest BCUT2D eigenvalue weighted by atomic mass is 16.4. The largest absolute Gasteiger partial charge is 0.476 e. The van der Waals surface area contributed by atoms with Gasteiger partial charge in [0, 0.05) is 5.92 Å². The molecule has 14 heavy (non-hydrogen) atoms. The van der Waals surface area contributed by atoms with Crippen LogP contribution in [0.2, 0.25) is 0 Å². The number of aromatic carboxylic acids is 1. The van der Waals surface area contributed by atoms with Gasteiger partial charge in [0.2, 0.25) is 0 Å². The Bertz CT molecular complexity index is 329. The number of carbonyl (C=O) groups is 1. The molecule has 0 amide bonds. The van der Waals surface area contributed by atoms with Crippen LogP contribution in [-0.2, 0) is 0 Å². The summed E-state index contributed by atoms with van der Waals surface area (Å²) in [4.78, 5) is 10.8. The van der Waals surface area contributed by atoms with Crippen LogP contribution in [0.5, 0.6) is 0 Å². The van der Waals surface area contributed by atoms with E-state index < -0.39 is 5.97 Å². The fraction of sp³-hybridized carbons (Fsp3) is 0.667. The van der Waals surface area contributed by atoms with Crippen molar-refractivity contribution in [1.82, 2.24) is 15.4 Å². The van der Waals surface area contributed by atoms with Crippen LogP contribution >= 0.6 is 0 Å². The van der Waals surface area contributed by atoms with Crippen molar-refractivity contribution in [2.24, 2.45) is 0 Å². The van der Waals surface area contributed by atoms with E-state index in [0.717, 1.165) is 25.7 Å². The van der Waals surface area contributed by atoms with Gasteiger partial charge in [-0.15, -0.1) is 5.10 Å². The molecule has 1 heterocycles. The van der Waals surface area contributed by atoms with Crippen LogP contribution in [0.25, 0.3) is 0 Å². The van der Waals surface area contributed by atoms with Gasteiger partial charge in [0.15, 0.2) is 5.69 Å². The van der Waals surface area contributed by atoms with Crippen molar-refractivity contribution in [3.05, 3.63) is 11.4 Å². The number of nitrogens with one attached hydrogen (secondary N) is 1. The van der Waals surface area contributed by atoms with Crippen molar-refractivity contribution in [2.75, 3.05) is 0 Å². The van der Waals surface area contributed by atoms with E-state index in [1.54, 1.807) is 0 Å². The van der Waals surface area contributed by atoms with E-state index in [4.69, 9.17) is 5.11 Å². The third-order valence-electron chi connectivity index (χ3n) is 2.77. The number of aromatic nitrogens is 3. The molecule has 1 saturated carbocycles. The Morgan fingerprint density at radius 2 is 2.00 bits per heavy atom. The Morgan fingerprint density at radius 1 is 1.29 bits per heavy atom. The highest BCUT2D eigenvalue weighted by molar-refractivity contribution is 5.86. The summed E-state index contributed by atoms with van der Waals surface area (Å²) < 4.78 is 0. The lowest BCUT2D eigenvalue weighted by atomic mass is 9.86. The van der Waals surface area contributed by atoms with Crippen molar-refractivity contribution in [3.8, 4) is 0 Å². The molecule has 1 aromatic heterocycles. The molecule has 0 atom stereocenters. The predicted octanol–water partition coefficient (Wildman–Crippen LogP) is 1.55. The Hall–Kier alpha value is -1.39. The fourth-order valence-electron chi connectivity index (χ4n) is 2.06. The van der Waals surface area contributed by atoms with E-state index in [9.17, 15) is 4.79 Å². The number of carboxylic acid groups (broad SMARTS) is 1. The van der Waals surface area contributed by atoms with Gasteiger partial charge in [-0.3, -0.25) is 0 Å². The van der Waals surface area contributed by atoms with E-state index in [-0.39, 0.29) is 11.6 Å². The summed E-state index contributed by atoms with van der Waals surface area (Å²) in [5, 5.41) is 18.9. The maximum atomic E-state index is 10.8. The summed E-state index contributed by atoms with van der Waals surface area (Å²) in [5.41, 5.74) is 0.731. The lowest BCUT2D eigenvalue weighted by Gasteiger charge is -2.19. The first kappa shape index (κ1) is 9.18. The lowest BCUT2D eigenvalue weighted by molar-refractivity contribution is 0.0688. The minimum absolute atomic E-state index is 0.0944. The van der Waals surface area contributed by atoms with Gasteiger partial charge in [0.1, 0.15) is 5.69 Å². The minimum atomic E-state index is -0.987. The first-order valence-electron chi connectivity index (χ1n) is 4.93. The quantitative estimate of drug-likeness (QED) is 0.750. The van der Waals surface area contributed by atoms with E-state index in [0.29, 0.717) is 5.69 Å². The van der Waals surface area contributed by atoms with Crippen molar-refractivity contribution in [1.29, 1.82) is 0 Å². The molecule has 1 aliphatic carbocycles. The van der Waals surface area contributed by atoms with Gasteiger partial charge in [-0.05, 0) is 12.8 Å². The Kier molecular flexibility index (Phi) is 2.47. The van der Waals surface area contributed by atoms with Gasteiger partial charge in [0.05, 0.1) is 0 Å². The summed E-state index contributed by atoms with van der Waals surface area (Å²) in [5.74, 6) is -0.701. The normalized spacial score (nSPS) is 18.3. The number of aromatic amines is 1. The summed E-state index contributed by atoms with van der Waals surface area (Å²) >= 11 is 0. The third kappa shape index (κ3) is 1.62. The topological polar surface area (TPSA) is 78.9 Å². The Labute approximate surface area is 81.5 Å². The molecule has 1 fully saturated rings. The van der Waals surface area contributed by atoms with E-state index >= 15 is 0 Å². The summed E-state index contributed by atoms with van der Waals surface area (Å²) in [6, 6.07) is 0. The number of H-pyrrole nitrogens is 1. The molecule has 5 nitrogen and oxygen atoms in total. The number of nitrogens with zero attached hydrogens (tertiary/aromatic N) is 2. The number of carboxylic acids is 1. The van der Waals surface area contributed by atoms with Crippen LogP contribution in [0.1, 0.15) is 54.2 Å². The number of hydrogen-bond donors (Lipinski definition) is 2. The Balaban J connectivity index is 2.21. The van der Waals surface area contributed by atoms with Crippen molar-refractivity contribution >= 4 is 5.97 Å². The van der Waals surface area contributed by atoms with E-state index in [1.165, 1.54) is 6.42 Å². The highest BCUT2D eigenvalue weighted by Gasteiger charge is 2.24. The average Bonchev–Trinajstić information content (AvgIpc) is 2.67. The number of hydrogen-bond acceptors (Lipinski definition) is 3. The molecule has 0 bridgehead atoms. The zero-order valence-corrected chi connectivity index (χ0v) is 7.86. The molecule has 0 radical (unpaired) electrons. The van der Waals surface area contributed by atoms with Gasteiger partial charge in [0.25, 0.3) is 0 Å². The first-order valence-corrected chi connectivity index (χ1v) is 4.93. The average molecular weight is 195 g/mol. The zero-order chi connectivity index (χ0) is 9.97. The monoisotopic (exact) mass is 195 g/mol. The maximum Gasteiger partial charge on any atom is 0.358 e. The molecule has 0 saturated heterocycles. The van der Waals surface area contributed by atoms with Gasteiger partial charge >= 0.3 is 5.97 Å². The molecule has 76 valence electrons. The third-order valence-corrected chi connectivity index (χ3v) is 2.77. The summed E-state index contributed by atoms with van der Waals surface area (Å²) in [7, 11) is 0. The van der Waals surface area contributed by atoms with Crippen molar-refractivity contribution < 1.29 is 9.90 Å². The predicted molar refractivity (Wildman–Crippen MR) is 49.2 cm³/mol. The van der Waals surface area contributed by atoms with Crippen LogP contribution in [0.15, 0.2) is 0 Å². The first-order chi connectivity index (χ1) is 6.79. The summed E-state index contributed by atoms with van der Waals surface area (Å²) in [6.45, 7) is 0. The molecule has 2 rings (SSSR count). The fourth-order valence-corrected chi connectivity index (χ4v) is 2.06. The van der Waals surface area contributed by atoms with Crippen LogP contribution in [0.3, 0.4) is 0 Å². The van der Waals surface area contributed by atoms with E-state index in [1.807, 2.05) is 0 Å². The van der Waals surface area contributed by atoms with Gasteiger partial charge < -0.3 is 5.11 Å². The van der Waals surface area contributed by atoms with Gasteiger partial charge in [-0.25, -0.2) is 4.79 Å². The second-order valence-corrected chi connectivity index (χ2v) is 3.70. The minimum Gasteiger partial charge on any atom is -0.476 e. The molecule has 0 aliphatic heterocycles. The van der Waals surface area contributed by atoms with Crippen LogP contribution in [-0.4, -0.2) is 26.5 Å². The summed E-state index contributed by atoms with van der Waals surface area (Å²) in [6.07, 6.45) is 5.64. The smallest absolute Gasteiger partial charge is 0.358 e. The molecule has 0 aromatic carbocycles. The van der Waals surface area contributed by atoms with Gasteiger partial charge in [-0.1, -0.05) is 19.3 Å². The maximum absolute atomic E-state index is 10.8. The Morgan fingerprint density at radius 3 is 2.64 bits per heavy atom. The van der Waals surface area contributed by atoms with Crippen LogP contribution in [0, 0.1) is 0 Å². The van der Waals surface area contributed by atoms with E-state index in [2.05, 4.69) is 15.4 Å². The molecule has 5 heteroatoms. The lowest BCUT2D eigenvalue weighted by Crippen LogP contribution is -2.10. The molecule has 0 unspecified atom stereocenters. The zero-order valence-electron chi connectivity index (χ0n) is 7.86. The molecular formula is C9H13N3O2. The highest BCUT2D eigenvalue weighted by Crippen LogP contribution is 2.32. The standard InChI is InChI=1S/C9H13N3O2/c13-9(14)8-7(10-12-11-8)6-4-2-1-3-5-6/h6H,1-5H2,(H,13,14)(H,10,11,12). The molecular weight excluding hydrogens is 182 g/mol. The number of rotatable bonds is 2. The van der Waals surface area contributed by atoms with Gasteiger partial charge in [-0.2, -0.15) is 10.3 Å². The van der Waals surface area contributed by atoms with Crippen molar-refractivity contribution in [2.45, 2.75) is 38.0 Å². The molecule has 1 aliphatic rings. The molecule has 2 N–H and O–H groups in total. The molecule has 0 spiro atoms. The molecule has 1 aromatic rings. The van der Waals surface area contributed by atoms with Crippen molar-refractivity contribution in [3.63, 3.8) is 0 Å². The second-order valence-electron chi connectivity index (χ2n) is 3.70. The SMILES string of the molecule is O=C(O)c1n[nH]nc1C1CCCCC1. The van der Waals surface area contributed by atoms with Crippen LogP contribution in [0.4, 0.5) is 0 Å².